The van der Waals surface area contributed by atoms with Crippen LogP contribution >= 0.6 is 11.6 Å². The Labute approximate surface area is 141 Å². The van der Waals surface area contributed by atoms with Crippen LogP contribution in [0.1, 0.15) is 34.8 Å². The van der Waals surface area contributed by atoms with E-state index in [0.29, 0.717) is 6.54 Å². The molecule has 0 fully saturated rings. The standard InChI is InChI=1S/C18H20ClN3O/c1-12-6-7-13(20-10-12)11-22(2)18(23)21-17-9-8-14-15(17)4-3-5-16(14)19/h3-7,10,17H,8-9,11H2,1-2H3,(H,21,23)/t17-/m1/s1. The molecular formula is C18H20ClN3O. The molecule has 1 N–H and O–H groups in total. The van der Waals surface area contributed by atoms with Gasteiger partial charge in [-0.15, -0.1) is 0 Å². The Morgan fingerprint density at radius 1 is 1.39 bits per heavy atom. The molecule has 0 aliphatic heterocycles. The summed E-state index contributed by atoms with van der Waals surface area (Å²) in [5.41, 5.74) is 4.28. The number of rotatable bonds is 3. The Morgan fingerprint density at radius 3 is 2.96 bits per heavy atom. The molecule has 1 aliphatic rings. The lowest BCUT2D eigenvalue weighted by Crippen LogP contribution is -2.38. The maximum absolute atomic E-state index is 12.4. The van der Waals surface area contributed by atoms with E-state index in [1.807, 2.05) is 43.5 Å². The summed E-state index contributed by atoms with van der Waals surface area (Å²) in [4.78, 5) is 18.4. The van der Waals surface area contributed by atoms with E-state index in [9.17, 15) is 4.79 Å². The molecule has 2 aromatic rings. The van der Waals surface area contributed by atoms with Crippen LogP contribution in [0.4, 0.5) is 4.79 Å². The second-order valence-electron chi connectivity index (χ2n) is 6.03. The molecule has 0 radical (unpaired) electrons. The normalized spacial score (nSPS) is 16.0. The van der Waals surface area contributed by atoms with Gasteiger partial charge in [-0.2, -0.15) is 0 Å². The predicted octanol–water partition coefficient (Wildman–Crippen LogP) is 3.87. The van der Waals surface area contributed by atoms with Gasteiger partial charge < -0.3 is 10.2 Å². The van der Waals surface area contributed by atoms with Gasteiger partial charge in [-0.3, -0.25) is 4.98 Å². The van der Waals surface area contributed by atoms with Crippen molar-refractivity contribution < 1.29 is 4.79 Å². The van der Waals surface area contributed by atoms with Gasteiger partial charge in [0.1, 0.15) is 0 Å². The monoisotopic (exact) mass is 329 g/mol. The molecule has 1 aliphatic carbocycles. The first kappa shape index (κ1) is 15.8. The van der Waals surface area contributed by atoms with Crippen LogP contribution in [-0.4, -0.2) is 23.0 Å². The Balaban J connectivity index is 1.64. The molecule has 1 atom stereocenters. The van der Waals surface area contributed by atoms with Crippen LogP contribution in [0.15, 0.2) is 36.5 Å². The molecule has 4 nitrogen and oxygen atoms in total. The summed E-state index contributed by atoms with van der Waals surface area (Å²) in [6, 6.07) is 9.77. The van der Waals surface area contributed by atoms with Gasteiger partial charge in [0.15, 0.2) is 0 Å². The number of carbonyl (C=O) groups is 1. The third-order valence-electron chi connectivity index (χ3n) is 4.23. The number of aryl methyl sites for hydroxylation is 1. The lowest BCUT2D eigenvalue weighted by Gasteiger charge is -2.21. The predicted molar refractivity (Wildman–Crippen MR) is 91.5 cm³/mol. The highest BCUT2D eigenvalue weighted by molar-refractivity contribution is 6.31. The van der Waals surface area contributed by atoms with E-state index in [2.05, 4.69) is 10.3 Å². The number of hydrogen-bond donors (Lipinski definition) is 1. The SMILES string of the molecule is Cc1ccc(CN(C)C(=O)N[C@@H]2CCc3c(Cl)cccc32)nc1. The van der Waals surface area contributed by atoms with Crippen molar-refractivity contribution in [3.05, 3.63) is 63.9 Å². The zero-order valence-corrected chi connectivity index (χ0v) is 14.1. The van der Waals surface area contributed by atoms with Gasteiger partial charge in [0.25, 0.3) is 0 Å². The maximum atomic E-state index is 12.4. The Morgan fingerprint density at radius 2 is 2.22 bits per heavy atom. The summed E-state index contributed by atoms with van der Waals surface area (Å²) in [7, 11) is 1.78. The second kappa shape index (κ2) is 6.59. The van der Waals surface area contributed by atoms with Gasteiger partial charge >= 0.3 is 6.03 Å². The van der Waals surface area contributed by atoms with Gasteiger partial charge in [0.2, 0.25) is 0 Å². The topological polar surface area (TPSA) is 45.2 Å². The van der Waals surface area contributed by atoms with E-state index in [1.54, 1.807) is 11.9 Å². The van der Waals surface area contributed by atoms with Crippen LogP contribution in [0.25, 0.3) is 0 Å². The van der Waals surface area contributed by atoms with Crippen LogP contribution in [0.5, 0.6) is 0 Å². The lowest BCUT2D eigenvalue weighted by molar-refractivity contribution is 0.202. The van der Waals surface area contributed by atoms with Crippen molar-refractivity contribution in [2.45, 2.75) is 32.4 Å². The number of halogens is 1. The highest BCUT2D eigenvalue weighted by atomic mass is 35.5. The molecular weight excluding hydrogens is 310 g/mol. The largest absolute Gasteiger partial charge is 0.331 e. The van der Waals surface area contributed by atoms with Gasteiger partial charge in [-0.25, -0.2) is 4.79 Å². The number of nitrogens with zero attached hydrogens (tertiary/aromatic N) is 2. The summed E-state index contributed by atoms with van der Waals surface area (Å²) in [6.07, 6.45) is 3.61. The minimum atomic E-state index is -0.0924. The minimum Gasteiger partial charge on any atom is -0.331 e. The third-order valence-corrected chi connectivity index (χ3v) is 4.58. The van der Waals surface area contributed by atoms with Crippen LogP contribution in [0.2, 0.25) is 5.02 Å². The molecule has 0 bridgehead atoms. The molecule has 23 heavy (non-hydrogen) atoms. The third kappa shape index (κ3) is 3.48. The Hall–Kier alpha value is -2.07. The van der Waals surface area contributed by atoms with Crippen molar-refractivity contribution in [1.29, 1.82) is 0 Å². The van der Waals surface area contributed by atoms with Crippen molar-refractivity contribution in [2.75, 3.05) is 7.05 Å². The fourth-order valence-electron chi connectivity index (χ4n) is 2.93. The first-order valence-corrected chi connectivity index (χ1v) is 8.13. The summed E-state index contributed by atoms with van der Waals surface area (Å²) >= 11 is 6.22. The number of nitrogens with one attached hydrogen (secondary N) is 1. The number of fused-ring (bicyclic) bond motifs is 1. The number of hydrogen-bond acceptors (Lipinski definition) is 2. The summed E-state index contributed by atoms with van der Waals surface area (Å²) < 4.78 is 0. The second-order valence-corrected chi connectivity index (χ2v) is 6.44. The molecule has 1 heterocycles. The van der Waals surface area contributed by atoms with Gasteiger partial charge in [0.05, 0.1) is 18.3 Å². The van der Waals surface area contributed by atoms with Crippen molar-refractivity contribution in [3.63, 3.8) is 0 Å². The van der Waals surface area contributed by atoms with Crippen LogP contribution in [-0.2, 0) is 13.0 Å². The maximum Gasteiger partial charge on any atom is 0.317 e. The first-order valence-electron chi connectivity index (χ1n) is 7.75. The average Bonchev–Trinajstić information content (AvgIpc) is 2.94. The number of amides is 2. The quantitative estimate of drug-likeness (QED) is 0.929. The van der Waals surface area contributed by atoms with Crippen molar-refractivity contribution in [3.8, 4) is 0 Å². The molecule has 2 amide bonds. The molecule has 0 saturated carbocycles. The smallest absolute Gasteiger partial charge is 0.317 e. The molecule has 1 aromatic carbocycles. The average molecular weight is 330 g/mol. The van der Waals surface area contributed by atoms with E-state index >= 15 is 0 Å². The highest BCUT2D eigenvalue weighted by Crippen LogP contribution is 2.35. The molecule has 0 saturated heterocycles. The Bertz CT molecular complexity index is 715. The highest BCUT2D eigenvalue weighted by Gasteiger charge is 2.26. The van der Waals surface area contributed by atoms with Gasteiger partial charge in [0, 0.05) is 18.3 Å². The number of pyridine rings is 1. The van der Waals surface area contributed by atoms with E-state index in [-0.39, 0.29) is 12.1 Å². The van der Waals surface area contributed by atoms with Crippen LogP contribution in [0, 0.1) is 6.92 Å². The summed E-state index contributed by atoms with van der Waals surface area (Å²) in [5, 5.41) is 3.88. The van der Waals surface area contributed by atoms with E-state index < -0.39 is 0 Å². The number of aromatic nitrogens is 1. The fraction of sp³-hybridized carbons (Fsp3) is 0.333. The van der Waals surface area contributed by atoms with Crippen LogP contribution in [0.3, 0.4) is 0 Å². The molecule has 120 valence electrons. The van der Waals surface area contributed by atoms with Gasteiger partial charge in [-0.1, -0.05) is 29.8 Å². The molecule has 3 rings (SSSR count). The molecule has 5 heteroatoms. The van der Waals surface area contributed by atoms with Gasteiger partial charge in [-0.05, 0) is 48.6 Å². The van der Waals surface area contributed by atoms with Crippen molar-refractivity contribution in [1.82, 2.24) is 15.2 Å². The molecule has 0 unspecified atom stereocenters. The zero-order chi connectivity index (χ0) is 16.4. The lowest BCUT2D eigenvalue weighted by atomic mass is 10.1. The molecule has 0 spiro atoms. The fourth-order valence-corrected chi connectivity index (χ4v) is 3.20. The number of carbonyl (C=O) groups excluding carboxylic acids is 1. The summed E-state index contributed by atoms with van der Waals surface area (Å²) in [6.45, 7) is 2.48. The van der Waals surface area contributed by atoms with E-state index in [4.69, 9.17) is 11.6 Å². The summed E-state index contributed by atoms with van der Waals surface area (Å²) in [5.74, 6) is 0. The van der Waals surface area contributed by atoms with E-state index in [1.165, 1.54) is 0 Å². The van der Waals surface area contributed by atoms with Crippen LogP contribution < -0.4 is 5.32 Å². The van der Waals surface area contributed by atoms with Crippen molar-refractivity contribution in [2.24, 2.45) is 0 Å². The zero-order valence-electron chi connectivity index (χ0n) is 13.3. The minimum absolute atomic E-state index is 0.0321. The molecule has 1 aromatic heterocycles. The van der Waals surface area contributed by atoms with E-state index in [0.717, 1.165) is 40.2 Å². The number of benzene rings is 1. The first-order chi connectivity index (χ1) is 11.0. The Kier molecular flexibility index (Phi) is 4.53. The van der Waals surface area contributed by atoms with Crippen molar-refractivity contribution >= 4 is 17.6 Å². The number of urea groups is 1.